The molecule has 0 bridgehead atoms. The number of carbonyl (C=O) groups excluding carboxylic acids is 3. The Kier molecular flexibility index (Phi) is 21.6. The summed E-state index contributed by atoms with van der Waals surface area (Å²) in [5.74, 6) is -7.76. The van der Waals surface area contributed by atoms with Crippen molar-refractivity contribution in [1.29, 1.82) is 0 Å². The zero-order chi connectivity index (χ0) is 21.2. The van der Waals surface area contributed by atoms with Crippen molar-refractivity contribution in [3.05, 3.63) is 0 Å². The predicted octanol–water partition coefficient (Wildman–Crippen LogP) is 1.35. The third kappa shape index (κ3) is 17.8. The van der Waals surface area contributed by atoms with E-state index >= 15 is 0 Å². The summed E-state index contributed by atoms with van der Waals surface area (Å²) in [6, 6.07) is 0. The smallest absolute Gasteiger partial charge is 0.550 e. The Morgan fingerprint density at radius 2 is 0.931 bits per heavy atom. The Hall–Kier alpha value is -0.707. The van der Waals surface area contributed by atoms with Crippen molar-refractivity contribution in [2.45, 2.75) is 110 Å². The van der Waals surface area contributed by atoms with Gasteiger partial charge in [0.05, 0.1) is 0 Å². The Bertz CT molecular complexity index is 441. The third-order valence-electron chi connectivity index (χ3n) is 5.35. The zero-order valence-corrected chi connectivity index (χ0v) is 21.3. The number of carboxylic acid groups (broad SMARTS) is 3. The van der Waals surface area contributed by atoms with E-state index in [1.54, 1.807) is 0 Å². The molecule has 0 aromatic rings. The molecule has 2 unspecified atom stereocenters. The van der Waals surface area contributed by atoms with Gasteiger partial charge in [0.1, 0.15) is 0 Å². The fourth-order valence-corrected chi connectivity index (χ4v) is 3.61. The minimum absolute atomic E-state index is 0. The van der Waals surface area contributed by atoms with Gasteiger partial charge in [-0.1, -0.05) is 96.8 Å². The van der Waals surface area contributed by atoms with Gasteiger partial charge in [-0.25, -0.2) is 0 Å². The molecule has 2 atom stereocenters. The second-order valence-corrected chi connectivity index (χ2v) is 7.81. The van der Waals surface area contributed by atoms with Gasteiger partial charge in [-0.05, 0) is 12.8 Å². The van der Waals surface area contributed by atoms with E-state index in [-0.39, 0.29) is 32.6 Å². The minimum Gasteiger partial charge on any atom is -0.550 e. The largest absolute Gasteiger partial charge is 3.00 e. The summed E-state index contributed by atoms with van der Waals surface area (Å²) in [7, 11) is 0. The van der Waals surface area contributed by atoms with Gasteiger partial charge in [0, 0.05) is 29.7 Å². The van der Waals surface area contributed by atoms with Crippen LogP contribution in [0, 0.1) is 11.8 Å². The number of aliphatic carboxylic acids is 3. The monoisotopic (exact) mass is 606 g/mol. The van der Waals surface area contributed by atoms with E-state index in [4.69, 9.17) is 0 Å². The van der Waals surface area contributed by atoms with Crippen LogP contribution in [0.5, 0.6) is 0 Å². The maximum Gasteiger partial charge on any atom is 3.00 e. The van der Waals surface area contributed by atoms with Crippen molar-refractivity contribution in [3.63, 3.8) is 0 Å². The average Bonchev–Trinajstić information content (AvgIpc) is 2.63. The molecular weight excluding hydrogens is 569 g/mol. The Labute approximate surface area is 195 Å². The van der Waals surface area contributed by atoms with Crippen LogP contribution < -0.4 is 15.3 Å². The quantitative estimate of drug-likeness (QED) is 0.153. The number of rotatable bonds is 20. The molecule has 0 aliphatic heterocycles. The molecule has 29 heavy (non-hydrogen) atoms. The van der Waals surface area contributed by atoms with Crippen molar-refractivity contribution in [3.8, 4) is 0 Å². The number of carbonyl (C=O) groups is 3. The number of hydrogen-bond acceptors (Lipinski definition) is 6. The standard InChI is InChI=1S/C22H40O6.Bi/c1-2-3-4-5-6-7-8-9-10-11-12-13-14-15-16-18(21(25)26)19(22(27)28)17-20(23)24;/h18-19H,2-17H2,1H3,(H,23,24)(H,25,26)(H,27,28);/q;+3/p-3. The van der Waals surface area contributed by atoms with Crippen molar-refractivity contribution < 1.29 is 29.7 Å². The van der Waals surface area contributed by atoms with Crippen molar-refractivity contribution in [1.82, 2.24) is 0 Å². The van der Waals surface area contributed by atoms with Gasteiger partial charge in [-0.3, -0.25) is 0 Å². The van der Waals surface area contributed by atoms with Crippen LogP contribution in [-0.2, 0) is 14.4 Å². The molecule has 0 aliphatic rings. The summed E-state index contributed by atoms with van der Waals surface area (Å²) in [4.78, 5) is 32.8. The van der Waals surface area contributed by atoms with Crippen LogP contribution in [0.3, 0.4) is 0 Å². The fourth-order valence-electron chi connectivity index (χ4n) is 3.61. The SMILES string of the molecule is CCCCCCCCCCCCCCCCC(C(=O)[O-])C(CC(=O)[O-])C(=O)[O-].[Bi+3]. The average molecular weight is 607 g/mol. The van der Waals surface area contributed by atoms with Gasteiger partial charge in [-0.2, -0.15) is 0 Å². The van der Waals surface area contributed by atoms with Crippen molar-refractivity contribution >= 4 is 44.1 Å². The van der Waals surface area contributed by atoms with E-state index in [9.17, 15) is 29.7 Å². The molecule has 0 spiro atoms. The summed E-state index contributed by atoms with van der Waals surface area (Å²) in [6.07, 6.45) is 15.5. The molecule has 166 valence electrons. The summed E-state index contributed by atoms with van der Waals surface area (Å²) < 4.78 is 0. The van der Waals surface area contributed by atoms with Gasteiger partial charge < -0.3 is 29.7 Å². The number of hydrogen-bond donors (Lipinski definition) is 0. The fraction of sp³-hybridized carbons (Fsp3) is 0.864. The van der Waals surface area contributed by atoms with Crippen molar-refractivity contribution in [2.24, 2.45) is 11.8 Å². The van der Waals surface area contributed by atoms with E-state index < -0.39 is 36.2 Å². The van der Waals surface area contributed by atoms with E-state index in [1.165, 1.54) is 57.8 Å². The van der Waals surface area contributed by atoms with Gasteiger partial charge >= 0.3 is 26.2 Å². The summed E-state index contributed by atoms with van der Waals surface area (Å²) in [5.41, 5.74) is 0. The molecule has 0 aliphatic carbocycles. The second-order valence-electron chi connectivity index (χ2n) is 7.81. The van der Waals surface area contributed by atoms with Gasteiger partial charge in [0.2, 0.25) is 0 Å². The molecule has 6 nitrogen and oxygen atoms in total. The molecule has 2 radical (unpaired) electrons. The molecule has 0 N–H and O–H groups in total. The first kappa shape index (κ1) is 30.5. The second kappa shape index (κ2) is 20.6. The Morgan fingerprint density at radius 1 is 0.586 bits per heavy atom. The third-order valence-corrected chi connectivity index (χ3v) is 5.35. The molecule has 0 aromatic heterocycles. The van der Waals surface area contributed by atoms with Crippen LogP contribution in [0.4, 0.5) is 0 Å². The number of carboxylic acids is 3. The van der Waals surface area contributed by atoms with E-state index in [2.05, 4.69) is 6.92 Å². The summed E-state index contributed by atoms with van der Waals surface area (Å²) in [6.45, 7) is 2.23. The first-order chi connectivity index (χ1) is 13.4. The molecule has 0 fully saturated rings. The molecule has 0 saturated heterocycles. The van der Waals surface area contributed by atoms with Crippen LogP contribution in [0.2, 0.25) is 0 Å². The van der Waals surface area contributed by atoms with E-state index in [0.717, 1.165) is 25.7 Å². The molecule has 0 heterocycles. The maximum absolute atomic E-state index is 11.2. The Morgan fingerprint density at radius 3 is 1.24 bits per heavy atom. The van der Waals surface area contributed by atoms with Gasteiger partial charge in [-0.15, -0.1) is 0 Å². The molecule has 0 saturated carbocycles. The minimum atomic E-state index is -1.68. The van der Waals surface area contributed by atoms with Crippen LogP contribution in [0.15, 0.2) is 0 Å². The molecule has 0 rings (SSSR count). The van der Waals surface area contributed by atoms with Crippen LogP contribution >= 0.6 is 0 Å². The van der Waals surface area contributed by atoms with Crippen molar-refractivity contribution in [2.75, 3.05) is 0 Å². The molecular formula is C22H37BiO6. The molecule has 0 amide bonds. The first-order valence-electron chi connectivity index (χ1n) is 11.0. The zero-order valence-electron chi connectivity index (χ0n) is 17.9. The van der Waals surface area contributed by atoms with Gasteiger partial charge in [0.25, 0.3) is 0 Å². The molecule has 0 aromatic carbocycles. The topological polar surface area (TPSA) is 120 Å². The predicted molar refractivity (Wildman–Crippen MR) is 107 cm³/mol. The Balaban J connectivity index is 0. The van der Waals surface area contributed by atoms with Crippen LogP contribution in [0.1, 0.15) is 110 Å². The van der Waals surface area contributed by atoms with E-state index in [1.807, 2.05) is 0 Å². The van der Waals surface area contributed by atoms with Gasteiger partial charge in [0.15, 0.2) is 0 Å². The normalized spacial score (nSPS) is 12.7. The summed E-state index contributed by atoms with van der Waals surface area (Å²) in [5, 5.41) is 32.8. The van der Waals surface area contributed by atoms with E-state index in [0.29, 0.717) is 6.42 Å². The van der Waals surface area contributed by atoms with Crippen LogP contribution in [-0.4, -0.2) is 44.1 Å². The maximum atomic E-state index is 11.2. The number of unbranched alkanes of at least 4 members (excludes halogenated alkanes) is 13. The summed E-state index contributed by atoms with van der Waals surface area (Å²) >= 11 is 0. The molecule has 7 heteroatoms. The first-order valence-corrected chi connectivity index (χ1v) is 11.0. The van der Waals surface area contributed by atoms with Crippen LogP contribution in [0.25, 0.3) is 0 Å².